The standard InChI is InChI=1S/C29H60NO5P/c1-5-6-7-8-9-10-11-12-13-14-15-16-17-18-19-20-21-22-23-24-29(35-28(2)31)27-34-36(32)33-26-25-30(3)4/h29,32H,5-27H2,1-4H3. The van der Waals surface area contributed by atoms with Crippen LogP contribution >= 0.6 is 8.60 Å². The lowest BCUT2D eigenvalue weighted by atomic mass is 10.0. The molecule has 0 saturated heterocycles. The van der Waals surface area contributed by atoms with E-state index in [4.69, 9.17) is 13.8 Å². The van der Waals surface area contributed by atoms with Gasteiger partial charge in [0.2, 0.25) is 0 Å². The molecule has 7 heteroatoms. The van der Waals surface area contributed by atoms with Crippen LogP contribution in [0.5, 0.6) is 0 Å². The molecular weight excluding hydrogens is 473 g/mol. The first-order chi connectivity index (χ1) is 17.5. The van der Waals surface area contributed by atoms with Crippen molar-refractivity contribution >= 4 is 14.6 Å². The fourth-order valence-corrected chi connectivity index (χ4v) is 4.95. The van der Waals surface area contributed by atoms with Crippen molar-refractivity contribution < 1.29 is 23.5 Å². The highest BCUT2D eigenvalue weighted by atomic mass is 31.2. The molecule has 0 heterocycles. The van der Waals surface area contributed by atoms with Crippen molar-refractivity contribution in [1.29, 1.82) is 0 Å². The van der Waals surface area contributed by atoms with E-state index in [0.29, 0.717) is 6.61 Å². The Bertz CT molecular complexity index is 467. The Morgan fingerprint density at radius 2 is 1.14 bits per heavy atom. The molecule has 36 heavy (non-hydrogen) atoms. The van der Waals surface area contributed by atoms with Crippen LogP contribution in [0.3, 0.4) is 0 Å². The van der Waals surface area contributed by atoms with Gasteiger partial charge in [0.1, 0.15) is 6.10 Å². The summed E-state index contributed by atoms with van der Waals surface area (Å²) in [6.45, 7) is 5.01. The Labute approximate surface area is 225 Å². The highest BCUT2D eigenvalue weighted by Gasteiger charge is 2.16. The van der Waals surface area contributed by atoms with Crippen LogP contribution < -0.4 is 0 Å². The van der Waals surface area contributed by atoms with Crippen LogP contribution in [0.25, 0.3) is 0 Å². The third kappa shape index (κ3) is 28.3. The van der Waals surface area contributed by atoms with Crippen LogP contribution in [-0.4, -0.2) is 55.7 Å². The number of carbonyl (C=O) groups excluding carboxylic acids is 1. The number of carbonyl (C=O) groups is 1. The summed E-state index contributed by atoms with van der Waals surface area (Å²) >= 11 is 0. The summed E-state index contributed by atoms with van der Waals surface area (Å²) in [6.07, 6.45) is 26.2. The molecule has 0 aromatic carbocycles. The number of rotatable bonds is 28. The van der Waals surface area contributed by atoms with Gasteiger partial charge in [0, 0.05) is 13.5 Å². The van der Waals surface area contributed by atoms with Crippen molar-refractivity contribution in [3.63, 3.8) is 0 Å². The maximum Gasteiger partial charge on any atom is 0.330 e. The third-order valence-electron chi connectivity index (χ3n) is 6.57. The third-order valence-corrected chi connectivity index (χ3v) is 7.35. The van der Waals surface area contributed by atoms with E-state index in [1.807, 2.05) is 19.0 Å². The van der Waals surface area contributed by atoms with Crippen LogP contribution in [0, 0.1) is 0 Å². The first-order valence-corrected chi connectivity index (χ1v) is 16.2. The largest absolute Gasteiger partial charge is 0.460 e. The topological polar surface area (TPSA) is 68.2 Å². The number of likely N-dealkylation sites (N-methyl/N-ethyl adjacent to an activating group) is 1. The van der Waals surface area contributed by atoms with Crippen LogP contribution in [-0.2, 0) is 18.6 Å². The highest BCUT2D eigenvalue weighted by Crippen LogP contribution is 2.33. The van der Waals surface area contributed by atoms with Crippen molar-refractivity contribution in [1.82, 2.24) is 4.90 Å². The quantitative estimate of drug-likeness (QED) is 0.0617. The summed E-state index contributed by atoms with van der Waals surface area (Å²) in [5.41, 5.74) is 0. The lowest BCUT2D eigenvalue weighted by molar-refractivity contribution is -0.148. The van der Waals surface area contributed by atoms with E-state index in [1.54, 1.807) is 0 Å². The van der Waals surface area contributed by atoms with Gasteiger partial charge < -0.3 is 23.6 Å². The lowest BCUT2D eigenvalue weighted by Gasteiger charge is -2.19. The van der Waals surface area contributed by atoms with Gasteiger partial charge in [0.25, 0.3) is 0 Å². The summed E-state index contributed by atoms with van der Waals surface area (Å²) in [5, 5.41) is 0. The normalized spacial score (nSPS) is 13.3. The van der Waals surface area contributed by atoms with Gasteiger partial charge in [0.15, 0.2) is 0 Å². The molecule has 0 amide bonds. The number of unbranched alkanes of at least 4 members (excludes halogenated alkanes) is 18. The van der Waals surface area contributed by atoms with Gasteiger partial charge in [0.05, 0.1) is 13.2 Å². The molecule has 0 spiro atoms. The monoisotopic (exact) mass is 533 g/mol. The minimum absolute atomic E-state index is 0.183. The second-order valence-electron chi connectivity index (χ2n) is 10.6. The van der Waals surface area contributed by atoms with Crippen molar-refractivity contribution in [2.45, 2.75) is 148 Å². The fraction of sp³-hybridized carbons (Fsp3) is 0.966. The Hall–Kier alpha value is -0.260. The summed E-state index contributed by atoms with van der Waals surface area (Å²) in [5.74, 6) is -0.308. The van der Waals surface area contributed by atoms with Gasteiger partial charge >= 0.3 is 14.6 Å². The minimum Gasteiger partial charge on any atom is -0.460 e. The smallest absolute Gasteiger partial charge is 0.330 e. The summed E-state index contributed by atoms with van der Waals surface area (Å²) in [6, 6.07) is 0. The first kappa shape index (κ1) is 35.7. The highest BCUT2D eigenvalue weighted by molar-refractivity contribution is 7.40. The minimum atomic E-state index is -1.93. The first-order valence-electron chi connectivity index (χ1n) is 15.0. The Kier molecular flexibility index (Phi) is 27.6. The molecule has 2 atom stereocenters. The lowest BCUT2D eigenvalue weighted by Crippen LogP contribution is -2.22. The molecule has 0 aromatic rings. The van der Waals surface area contributed by atoms with Crippen LogP contribution in [0.2, 0.25) is 0 Å². The van der Waals surface area contributed by atoms with E-state index in [2.05, 4.69) is 6.92 Å². The van der Waals surface area contributed by atoms with E-state index >= 15 is 0 Å². The number of nitrogens with zero attached hydrogens (tertiary/aromatic N) is 1. The zero-order chi connectivity index (χ0) is 26.7. The average molecular weight is 534 g/mol. The van der Waals surface area contributed by atoms with Crippen LogP contribution in [0.15, 0.2) is 0 Å². The second-order valence-corrected chi connectivity index (χ2v) is 11.5. The molecule has 216 valence electrons. The molecular formula is C29H60NO5P. The zero-order valence-electron chi connectivity index (χ0n) is 24.3. The summed E-state index contributed by atoms with van der Waals surface area (Å²) in [4.78, 5) is 23.2. The van der Waals surface area contributed by atoms with E-state index < -0.39 is 8.60 Å². The van der Waals surface area contributed by atoms with E-state index in [1.165, 1.54) is 116 Å². The predicted octanol–water partition coefficient (Wildman–Crippen LogP) is 8.55. The molecule has 6 nitrogen and oxygen atoms in total. The SMILES string of the molecule is CCCCCCCCCCCCCCCCCCCCCC(COP(O)OCCN(C)C)OC(C)=O. The Morgan fingerprint density at radius 1 is 0.722 bits per heavy atom. The van der Waals surface area contributed by atoms with Gasteiger partial charge in [-0.15, -0.1) is 0 Å². The van der Waals surface area contributed by atoms with Gasteiger partial charge in [-0.2, -0.15) is 0 Å². The molecule has 0 radical (unpaired) electrons. The Balaban J connectivity index is 3.51. The van der Waals surface area contributed by atoms with Crippen molar-refractivity contribution in [2.75, 3.05) is 33.9 Å². The predicted molar refractivity (Wildman–Crippen MR) is 153 cm³/mol. The molecule has 0 aliphatic heterocycles. The van der Waals surface area contributed by atoms with E-state index in [9.17, 15) is 9.69 Å². The molecule has 0 aromatic heterocycles. The fourth-order valence-electron chi connectivity index (χ4n) is 4.35. The number of esters is 1. The molecule has 0 bridgehead atoms. The van der Waals surface area contributed by atoms with Crippen molar-refractivity contribution in [2.24, 2.45) is 0 Å². The molecule has 1 N–H and O–H groups in total. The van der Waals surface area contributed by atoms with Gasteiger partial charge in [-0.1, -0.05) is 122 Å². The maximum absolute atomic E-state index is 11.4. The molecule has 2 unspecified atom stereocenters. The molecule has 0 aliphatic rings. The second kappa shape index (κ2) is 27.8. The zero-order valence-corrected chi connectivity index (χ0v) is 25.2. The van der Waals surface area contributed by atoms with Crippen molar-refractivity contribution in [3.05, 3.63) is 0 Å². The average Bonchev–Trinajstić information content (AvgIpc) is 2.83. The number of hydrogen-bond donors (Lipinski definition) is 1. The Morgan fingerprint density at radius 3 is 1.53 bits per heavy atom. The van der Waals surface area contributed by atoms with E-state index in [0.717, 1.165) is 25.8 Å². The molecule has 0 rings (SSSR count). The molecule has 0 fully saturated rings. The number of ether oxygens (including phenoxy) is 1. The molecule has 0 saturated carbocycles. The number of hydrogen-bond acceptors (Lipinski definition) is 6. The van der Waals surface area contributed by atoms with E-state index in [-0.39, 0.29) is 18.7 Å². The summed E-state index contributed by atoms with van der Waals surface area (Å²) in [7, 11) is 1.96. The van der Waals surface area contributed by atoms with Gasteiger partial charge in [-0.25, -0.2) is 0 Å². The van der Waals surface area contributed by atoms with Gasteiger partial charge in [-0.3, -0.25) is 4.79 Å². The molecule has 0 aliphatic carbocycles. The summed E-state index contributed by atoms with van der Waals surface area (Å²) < 4.78 is 16.0. The van der Waals surface area contributed by atoms with Gasteiger partial charge in [-0.05, 0) is 26.9 Å². The maximum atomic E-state index is 11.4. The van der Waals surface area contributed by atoms with Crippen LogP contribution in [0.4, 0.5) is 0 Å². The van der Waals surface area contributed by atoms with Crippen molar-refractivity contribution in [3.8, 4) is 0 Å². The van der Waals surface area contributed by atoms with Crippen LogP contribution in [0.1, 0.15) is 142 Å².